The molecule has 0 N–H and O–H groups in total. The second-order valence-electron chi connectivity index (χ2n) is 5.71. The van der Waals surface area contributed by atoms with Crippen molar-refractivity contribution in [3.05, 3.63) is 0 Å². The molecule has 1 heterocycles. The minimum atomic E-state index is -4.15. The first-order chi connectivity index (χ1) is 10.4. The molecule has 1 saturated carbocycles. The maximum absolute atomic E-state index is 12.7. The van der Waals surface area contributed by atoms with Crippen molar-refractivity contribution in [2.75, 3.05) is 25.5 Å². The average molecular weight is 343 g/mol. The lowest BCUT2D eigenvalue weighted by molar-refractivity contribution is -0.167. The Balaban J connectivity index is 1.75. The normalized spacial score (nSPS) is 26.1. The topological polar surface area (TPSA) is 29.5 Å². The molecule has 0 aromatic heterocycles. The van der Waals surface area contributed by atoms with Gasteiger partial charge in [0.05, 0.1) is 13.0 Å². The Morgan fingerprint density at radius 3 is 2.77 bits per heavy atom. The summed E-state index contributed by atoms with van der Waals surface area (Å²) in [4.78, 5) is 14.0. The van der Waals surface area contributed by atoms with Crippen LogP contribution in [0.1, 0.15) is 32.1 Å². The molecular formula is C14H21F4NO2S. The molecular weight excluding hydrogens is 322 g/mol. The molecule has 1 amide bonds. The Hall–Kier alpha value is -0.500. The highest BCUT2D eigenvalue weighted by Gasteiger charge is 2.41. The van der Waals surface area contributed by atoms with Gasteiger partial charge in [-0.3, -0.25) is 4.79 Å². The van der Waals surface area contributed by atoms with E-state index in [4.69, 9.17) is 0 Å². The zero-order chi connectivity index (χ0) is 16.2. The van der Waals surface area contributed by atoms with Crippen molar-refractivity contribution >= 4 is 17.7 Å². The van der Waals surface area contributed by atoms with Crippen LogP contribution in [0.4, 0.5) is 17.6 Å². The molecule has 0 spiro atoms. The third kappa shape index (κ3) is 4.50. The predicted octanol–water partition coefficient (Wildman–Crippen LogP) is 3.18. The first-order valence-electron chi connectivity index (χ1n) is 7.56. The second kappa shape index (κ2) is 7.86. The Morgan fingerprint density at radius 1 is 1.32 bits per heavy atom. The molecule has 2 atom stereocenters. The molecule has 22 heavy (non-hydrogen) atoms. The Bertz CT molecular complexity index is 382. The van der Waals surface area contributed by atoms with Gasteiger partial charge in [0, 0.05) is 23.6 Å². The van der Waals surface area contributed by atoms with Crippen LogP contribution in [0.3, 0.4) is 0 Å². The Labute approximate surface area is 131 Å². The summed E-state index contributed by atoms with van der Waals surface area (Å²) >= 11 is 1.90. The molecule has 0 unspecified atom stereocenters. The van der Waals surface area contributed by atoms with Gasteiger partial charge < -0.3 is 9.64 Å². The number of amides is 1. The van der Waals surface area contributed by atoms with Crippen molar-refractivity contribution < 1.29 is 27.1 Å². The molecule has 3 nitrogen and oxygen atoms in total. The zero-order valence-corrected chi connectivity index (χ0v) is 13.1. The number of nitrogens with zero attached hydrogens (tertiary/aromatic N) is 1. The van der Waals surface area contributed by atoms with Crippen LogP contribution in [0, 0.1) is 0 Å². The standard InChI is InChI=1S/C14H21F4NO2S/c15-13(16)14(17,18)9-21-7-5-12(20)19-6-8-22-11-4-2-1-3-10(11)19/h10-11,13H,1-9H2/t10-,11-/m0/s1. The van der Waals surface area contributed by atoms with E-state index in [1.165, 1.54) is 6.42 Å². The van der Waals surface area contributed by atoms with E-state index in [2.05, 4.69) is 4.74 Å². The lowest BCUT2D eigenvalue weighted by Gasteiger charge is -2.43. The van der Waals surface area contributed by atoms with Crippen LogP contribution in [0.15, 0.2) is 0 Å². The van der Waals surface area contributed by atoms with Crippen LogP contribution in [-0.4, -0.2) is 60.0 Å². The number of hydrogen-bond acceptors (Lipinski definition) is 3. The fourth-order valence-corrected chi connectivity index (χ4v) is 4.42. The molecule has 0 aromatic carbocycles. The Kier molecular flexibility index (Phi) is 6.37. The first-order valence-corrected chi connectivity index (χ1v) is 8.61. The number of carbonyl (C=O) groups is 1. The van der Waals surface area contributed by atoms with Gasteiger partial charge in [-0.25, -0.2) is 8.78 Å². The van der Waals surface area contributed by atoms with E-state index < -0.39 is 19.0 Å². The highest BCUT2D eigenvalue weighted by molar-refractivity contribution is 8.00. The molecule has 2 rings (SSSR count). The molecule has 1 aliphatic carbocycles. The van der Waals surface area contributed by atoms with Gasteiger partial charge in [-0.1, -0.05) is 12.8 Å². The van der Waals surface area contributed by atoms with Crippen molar-refractivity contribution in [1.82, 2.24) is 4.90 Å². The molecule has 0 aromatic rings. The lowest BCUT2D eigenvalue weighted by Crippen LogP contribution is -2.51. The number of halogens is 4. The van der Waals surface area contributed by atoms with Gasteiger partial charge in [0.25, 0.3) is 0 Å². The molecule has 0 radical (unpaired) electrons. The van der Waals surface area contributed by atoms with E-state index in [1.807, 2.05) is 16.7 Å². The van der Waals surface area contributed by atoms with Crippen molar-refractivity contribution in [2.24, 2.45) is 0 Å². The number of thioether (sulfide) groups is 1. The van der Waals surface area contributed by atoms with Gasteiger partial charge in [-0.15, -0.1) is 0 Å². The van der Waals surface area contributed by atoms with Gasteiger partial charge in [-0.2, -0.15) is 20.5 Å². The summed E-state index contributed by atoms with van der Waals surface area (Å²) < 4.78 is 53.9. The van der Waals surface area contributed by atoms with Gasteiger partial charge in [0.15, 0.2) is 0 Å². The van der Waals surface area contributed by atoms with Crippen LogP contribution < -0.4 is 0 Å². The molecule has 128 valence electrons. The van der Waals surface area contributed by atoms with Gasteiger partial charge in [0.2, 0.25) is 5.91 Å². The number of hydrogen-bond donors (Lipinski definition) is 0. The first kappa shape index (κ1) is 17.8. The summed E-state index contributed by atoms with van der Waals surface area (Å²) in [6, 6.07) is 0.225. The van der Waals surface area contributed by atoms with E-state index in [0.717, 1.165) is 25.0 Å². The molecule has 8 heteroatoms. The van der Waals surface area contributed by atoms with E-state index in [9.17, 15) is 22.4 Å². The van der Waals surface area contributed by atoms with Crippen LogP contribution in [-0.2, 0) is 9.53 Å². The minimum Gasteiger partial charge on any atom is -0.374 e. The van der Waals surface area contributed by atoms with Gasteiger partial charge in [-0.05, 0) is 12.8 Å². The van der Waals surface area contributed by atoms with Crippen molar-refractivity contribution in [1.29, 1.82) is 0 Å². The van der Waals surface area contributed by atoms with Crippen LogP contribution in [0.5, 0.6) is 0 Å². The summed E-state index contributed by atoms with van der Waals surface area (Å²) in [6.07, 6.45) is 0.590. The summed E-state index contributed by atoms with van der Waals surface area (Å²) in [6.45, 7) is -0.931. The predicted molar refractivity (Wildman–Crippen MR) is 76.6 cm³/mol. The maximum Gasteiger partial charge on any atom is 0.330 e. The second-order valence-corrected chi connectivity index (χ2v) is 7.06. The van der Waals surface area contributed by atoms with Crippen LogP contribution >= 0.6 is 11.8 Å². The zero-order valence-electron chi connectivity index (χ0n) is 12.3. The van der Waals surface area contributed by atoms with E-state index >= 15 is 0 Å². The Morgan fingerprint density at radius 2 is 2.05 bits per heavy atom. The molecule has 1 saturated heterocycles. The summed E-state index contributed by atoms with van der Waals surface area (Å²) in [5.41, 5.74) is 0. The quantitative estimate of drug-likeness (QED) is 0.548. The number of ether oxygens (including phenoxy) is 1. The average Bonchev–Trinajstić information content (AvgIpc) is 2.50. The summed E-state index contributed by atoms with van der Waals surface area (Å²) in [5.74, 6) is -3.39. The SMILES string of the molecule is O=C(CCOCC(F)(F)C(F)F)N1CCS[C@H]2CCCC[C@@H]21. The molecule has 1 aliphatic heterocycles. The smallest absolute Gasteiger partial charge is 0.330 e. The van der Waals surface area contributed by atoms with Crippen molar-refractivity contribution in [3.63, 3.8) is 0 Å². The van der Waals surface area contributed by atoms with Crippen molar-refractivity contribution in [2.45, 2.75) is 55.7 Å². The largest absolute Gasteiger partial charge is 0.374 e. The molecule has 0 bridgehead atoms. The summed E-state index contributed by atoms with van der Waals surface area (Å²) in [7, 11) is 0. The highest BCUT2D eigenvalue weighted by atomic mass is 32.2. The third-order valence-corrected chi connectivity index (χ3v) is 5.52. The number of fused-ring (bicyclic) bond motifs is 1. The minimum absolute atomic E-state index is 0.0345. The maximum atomic E-state index is 12.7. The summed E-state index contributed by atoms with van der Waals surface area (Å²) in [5, 5.41) is 0.468. The van der Waals surface area contributed by atoms with E-state index in [0.29, 0.717) is 11.8 Å². The molecule has 2 fully saturated rings. The molecule has 2 aliphatic rings. The highest BCUT2D eigenvalue weighted by Crippen LogP contribution is 2.35. The van der Waals surface area contributed by atoms with Gasteiger partial charge in [0.1, 0.15) is 6.61 Å². The fraction of sp³-hybridized carbons (Fsp3) is 0.929. The van der Waals surface area contributed by atoms with Gasteiger partial charge >= 0.3 is 12.3 Å². The number of carbonyl (C=O) groups excluding carboxylic acids is 1. The number of alkyl halides is 4. The van der Waals surface area contributed by atoms with Crippen LogP contribution in [0.2, 0.25) is 0 Å². The van der Waals surface area contributed by atoms with Crippen molar-refractivity contribution in [3.8, 4) is 0 Å². The fourth-order valence-electron chi connectivity index (χ4n) is 2.98. The van der Waals surface area contributed by atoms with Crippen LogP contribution in [0.25, 0.3) is 0 Å². The van der Waals surface area contributed by atoms with E-state index in [1.54, 1.807) is 0 Å². The number of rotatable bonds is 6. The van der Waals surface area contributed by atoms with E-state index in [-0.39, 0.29) is 25.0 Å². The third-order valence-electron chi connectivity index (χ3n) is 4.13. The monoisotopic (exact) mass is 343 g/mol. The lowest BCUT2D eigenvalue weighted by atomic mass is 9.93.